The molecule has 2 aliphatic rings. The van der Waals surface area contributed by atoms with Crippen molar-refractivity contribution in [2.24, 2.45) is 17.3 Å². The van der Waals surface area contributed by atoms with E-state index >= 15 is 0 Å². The van der Waals surface area contributed by atoms with Crippen molar-refractivity contribution in [1.29, 1.82) is 0 Å². The molecule has 0 saturated heterocycles. The summed E-state index contributed by atoms with van der Waals surface area (Å²) in [5.74, 6) is 1.11. The van der Waals surface area contributed by atoms with Crippen LogP contribution >= 0.6 is 0 Å². The number of hydrogen-bond donors (Lipinski definition) is 1. The Morgan fingerprint density at radius 3 is 2.75 bits per heavy atom. The molecule has 2 rings (SSSR count). The minimum Gasteiger partial charge on any atom is -0.393 e. The van der Waals surface area contributed by atoms with Crippen LogP contribution in [0.4, 0.5) is 0 Å². The lowest BCUT2D eigenvalue weighted by molar-refractivity contribution is -0.00816. The van der Waals surface area contributed by atoms with Crippen LogP contribution in [0.3, 0.4) is 0 Å². The molecule has 4 atom stereocenters. The van der Waals surface area contributed by atoms with Crippen LogP contribution in [0.25, 0.3) is 0 Å². The van der Waals surface area contributed by atoms with Crippen LogP contribution in [0.15, 0.2) is 23.8 Å². The maximum atomic E-state index is 10.2. The summed E-state index contributed by atoms with van der Waals surface area (Å²) in [5, 5.41) is 10.2. The lowest BCUT2D eigenvalue weighted by Gasteiger charge is -2.43. The van der Waals surface area contributed by atoms with E-state index in [-0.39, 0.29) is 11.5 Å². The van der Waals surface area contributed by atoms with Crippen LogP contribution < -0.4 is 0 Å². The van der Waals surface area contributed by atoms with Crippen LogP contribution in [0.5, 0.6) is 0 Å². The van der Waals surface area contributed by atoms with Gasteiger partial charge >= 0.3 is 0 Å². The van der Waals surface area contributed by atoms with Crippen molar-refractivity contribution in [2.45, 2.75) is 52.6 Å². The van der Waals surface area contributed by atoms with Crippen molar-refractivity contribution < 1.29 is 5.11 Å². The summed E-state index contributed by atoms with van der Waals surface area (Å²) in [7, 11) is 0. The second-order valence-electron chi connectivity index (χ2n) is 6.14. The topological polar surface area (TPSA) is 20.2 Å². The maximum absolute atomic E-state index is 10.2. The minimum absolute atomic E-state index is 0.0892. The minimum atomic E-state index is -0.126. The van der Waals surface area contributed by atoms with E-state index < -0.39 is 0 Å². The van der Waals surface area contributed by atoms with Crippen LogP contribution in [0.2, 0.25) is 0 Å². The average Bonchev–Trinajstić information content (AvgIpc) is 2.52. The molecule has 0 radical (unpaired) electrons. The predicted molar refractivity (Wildman–Crippen MR) is 68.1 cm³/mol. The molecule has 2 fully saturated rings. The molecule has 0 aromatic heterocycles. The van der Waals surface area contributed by atoms with Crippen LogP contribution in [0.1, 0.15) is 46.5 Å². The highest BCUT2D eigenvalue weighted by Gasteiger charge is 2.51. The SMILES string of the molecule is C=C1CCC(O)C2(C)CCC(C=C(C)C)C12. The fraction of sp³-hybridized carbons (Fsp3) is 0.733. The monoisotopic (exact) mass is 220 g/mol. The van der Waals surface area contributed by atoms with E-state index in [0.717, 1.165) is 19.3 Å². The molecule has 0 aliphatic heterocycles. The number of rotatable bonds is 1. The summed E-state index contributed by atoms with van der Waals surface area (Å²) < 4.78 is 0. The van der Waals surface area contributed by atoms with E-state index in [0.29, 0.717) is 11.8 Å². The molecule has 16 heavy (non-hydrogen) atoms. The highest BCUT2D eigenvalue weighted by molar-refractivity contribution is 5.21. The number of fused-ring (bicyclic) bond motifs is 1. The van der Waals surface area contributed by atoms with E-state index in [1.54, 1.807) is 0 Å². The molecule has 0 amide bonds. The Labute approximate surface area is 99.3 Å². The number of aliphatic hydroxyl groups excluding tert-OH is 1. The van der Waals surface area contributed by atoms with Gasteiger partial charge in [-0.3, -0.25) is 0 Å². The summed E-state index contributed by atoms with van der Waals surface area (Å²) in [6, 6.07) is 0. The summed E-state index contributed by atoms with van der Waals surface area (Å²) in [5.41, 5.74) is 2.85. The third kappa shape index (κ3) is 1.75. The first kappa shape index (κ1) is 11.9. The van der Waals surface area contributed by atoms with Crippen LogP contribution in [-0.4, -0.2) is 11.2 Å². The van der Waals surface area contributed by atoms with Gasteiger partial charge in [0.25, 0.3) is 0 Å². The van der Waals surface area contributed by atoms with Crippen molar-refractivity contribution in [3.8, 4) is 0 Å². The van der Waals surface area contributed by atoms with Crippen molar-refractivity contribution in [3.05, 3.63) is 23.8 Å². The van der Waals surface area contributed by atoms with Crippen molar-refractivity contribution >= 4 is 0 Å². The molecule has 4 unspecified atom stereocenters. The lowest BCUT2D eigenvalue weighted by atomic mass is 9.64. The molecule has 1 heteroatoms. The van der Waals surface area contributed by atoms with Gasteiger partial charge in [-0.15, -0.1) is 0 Å². The smallest absolute Gasteiger partial charge is 0.0602 e. The number of hydrogen-bond acceptors (Lipinski definition) is 1. The molecular formula is C15H24O. The van der Waals surface area contributed by atoms with E-state index in [2.05, 4.69) is 33.4 Å². The highest BCUT2D eigenvalue weighted by Crippen LogP contribution is 2.56. The zero-order valence-electron chi connectivity index (χ0n) is 10.8. The van der Waals surface area contributed by atoms with Gasteiger partial charge in [-0.05, 0) is 51.4 Å². The third-order valence-electron chi connectivity index (χ3n) is 4.64. The predicted octanol–water partition coefficient (Wildman–Crippen LogP) is 3.70. The lowest BCUT2D eigenvalue weighted by Crippen LogP contribution is -2.41. The van der Waals surface area contributed by atoms with Gasteiger partial charge in [-0.25, -0.2) is 0 Å². The second-order valence-corrected chi connectivity index (χ2v) is 6.14. The van der Waals surface area contributed by atoms with Gasteiger partial charge in [-0.1, -0.05) is 30.7 Å². The number of allylic oxidation sites excluding steroid dienone is 3. The van der Waals surface area contributed by atoms with E-state index in [9.17, 15) is 5.11 Å². The first-order valence-corrected chi connectivity index (χ1v) is 6.46. The van der Waals surface area contributed by atoms with Gasteiger partial charge in [0, 0.05) is 5.41 Å². The Kier molecular flexibility index (Phi) is 3.00. The average molecular weight is 220 g/mol. The summed E-state index contributed by atoms with van der Waals surface area (Å²) >= 11 is 0. The highest BCUT2D eigenvalue weighted by atomic mass is 16.3. The fourth-order valence-electron chi connectivity index (χ4n) is 3.85. The fourth-order valence-corrected chi connectivity index (χ4v) is 3.85. The molecule has 90 valence electrons. The summed E-state index contributed by atoms with van der Waals surface area (Å²) in [4.78, 5) is 0. The molecule has 0 spiro atoms. The molecule has 1 N–H and O–H groups in total. The molecule has 0 heterocycles. The Bertz CT molecular complexity index is 324. The van der Waals surface area contributed by atoms with Crippen LogP contribution in [-0.2, 0) is 0 Å². The zero-order chi connectivity index (χ0) is 11.9. The zero-order valence-corrected chi connectivity index (χ0v) is 10.8. The Hall–Kier alpha value is -0.560. The van der Waals surface area contributed by atoms with Gasteiger partial charge in [0.2, 0.25) is 0 Å². The first-order valence-electron chi connectivity index (χ1n) is 6.46. The summed E-state index contributed by atoms with van der Waals surface area (Å²) in [6.45, 7) is 10.8. The van der Waals surface area contributed by atoms with Crippen LogP contribution in [0, 0.1) is 17.3 Å². The summed E-state index contributed by atoms with van der Waals surface area (Å²) in [6.07, 6.45) is 6.54. The first-order chi connectivity index (χ1) is 7.45. The third-order valence-corrected chi connectivity index (χ3v) is 4.64. The van der Waals surface area contributed by atoms with Gasteiger partial charge in [0.1, 0.15) is 0 Å². The number of aliphatic hydroxyl groups is 1. The molecular weight excluding hydrogens is 196 g/mol. The second kappa shape index (κ2) is 4.03. The molecule has 2 saturated carbocycles. The van der Waals surface area contributed by atoms with Crippen molar-refractivity contribution in [2.75, 3.05) is 0 Å². The van der Waals surface area contributed by atoms with E-state index in [1.807, 2.05) is 0 Å². The van der Waals surface area contributed by atoms with Gasteiger partial charge in [0.15, 0.2) is 0 Å². The molecule has 0 bridgehead atoms. The maximum Gasteiger partial charge on any atom is 0.0602 e. The van der Waals surface area contributed by atoms with Crippen molar-refractivity contribution in [3.63, 3.8) is 0 Å². The van der Waals surface area contributed by atoms with Crippen molar-refractivity contribution in [1.82, 2.24) is 0 Å². The largest absolute Gasteiger partial charge is 0.393 e. The molecule has 0 aromatic carbocycles. The quantitative estimate of drug-likeness (QED) is 0.668. The molecule has 1 nitrogen and oxygen atoms in total. The Balaban J connectivity index is 2.30. The van der Waals surface area contributed by atoms with Gasteiger partial charge < -0.3 is 5.11 Å². The molecule has 2 aliphatic carbocycles. The standard InChI is InChI=1S/C15H24O/c1-10(2)9-12-7-8-15(4)13(16)6-5-11(3)14(12)15/h9,12-14,16H,3,5-8H2,1-2,4H3. The Morgan fingerprint density at radius 2 is 2.12 bits per heavy atom. The van der Waals surface area contributed by atoms with E-state index in [1.165, 1.54) is 17.6 Å². The van der Waals surface area contributed by atoms with E-state index in [4.69, 9.17) is 0 Å². The van der Waals surface area contributed by atoms with Gasteiger partial charge in [0.05, 0.1) is 6.10 Å². The van der Waals surface area contributed by atoms with Gasteiger partial charge in [-0.2, -0.15) is 0 Å². The Morgan fingerprint density at radius 1 is 1.44 bits per heavy atom. The molecule has 0 aromatic rings. The normalized spacial score (nSPS) is 43.0.